The molecule has 23 N–H and O–H groups in total. The zero-order valence-corrected chi connectivity index (χ0v) is 60.9. The third kappa shape index (κ3) is 21.8. The molecule has 1 fully saturated rings. The molecule has 111 heavy (non-hydrogen) atoms. The highest BCUT2D eigenvalue weighted by Gasteiger charge is 2.52. The molecule has 11 atom stereocenters. The van der Waals surface area contributed by atoms with E-state index in [0.717, 1.165) is 19.4 Å². The van der Waals surface area contributed by atoms with Gasteiger partial charge in [-0.2, -0.15) is 0 Å². The van der Waals surface area contributed by atoms with Gasteiger partial charge in [0, 0.05) is 55.7 Å². The lowest BCUT2D eigenvalue weighted by atomic mass is 9.76. The monoisotopic (exact) mass is 1520 g/mol. The number of carboxylic acids is 1. The Labute approximate surface area is 637 Å². The maximum atomic E-state index is 16.1. The number of carbonyl (C=O) groups is 13. The van der Waals surface area contributed by atoms with Gasteiger partial charge in [0.15, 0.2) is 5.96 Å². The van der Waals surface area contributed by atoms with E-state index in [2.05, 4.69) is 58.2 Å². The van der Waals surface area contributed by atoms with Crippen molar-refractivity contribution in [1.82, 2.24) is 63.1 Å². The third-order valence-corrected chi connectivity index (χ3v) is 19.5. The van der Waals surface area contributed by atoms with Gasteiger partial charge in [-0.3, -0.25) is 67.8 Å². The number of phenols is 2. The number of aromatic hydroxyl groups is 2. The molecular formula is C78H91N17O16. The normalized spacial score (nSPS) is 22.7. The Bertz CT molecular complexity index is 4600. The molecule has 9 rings (SSSR count). The summed E-state index contributed by atoms with van der Waals surface area (Å²) < 4.78 is 0. The van der Waals surface area contributed by atoms with Crippen molar-refractivity contribution in [3.8, 4) is 11.5 Å². The highest BCUT2D eigenvalue weighted by atomic mass is 16.4. The molecule has 12 amide bonds. The highest BCUT2D eigenvalue weighted by molar-refractivity contribution is 6.03. The zero-order chi connectivity index (χ0) is 80.3. The van der Waals surface area contributed by atoms with Crippen LogP contribution in [0.15, 0.2) is 164 Å². The first-order valence-corrected chi connectivity index (χ1v) is 35.9. The molecule has 2 aliphatic rings. The van der Waals surface area contributed by atoms with Crippen molar-refractivity contribution in [2.45, 2.75) is 156 Å². The number of benzene rings is 6. The molecule has 1 saturated heterocycles. The molecule has 2 heterocycles. The number of phenolic OH excluding ortho intramolecular Hbond substituents is 2. The number of aromatic nitrogens is 1. The first kappa shape index (κ1) is 81.9. The minimum atomic E-state index is -3.19. The highest BCUT2D eigenvalue weighted by Crippen LogP contribution is 2.31. The van der Waals surface area contributed by atoms with E-state index in [1.165, 1.54) is 48.5 Å². The van der Waals surface area contributed by atoms with Crippen LogP contribution in [-0.4, -0.2) is 180 Å². The number of primary amides is 2. The van der Waals surface area contributed by atoms with Crippen LogP contribution in [0.25, 0.3) is 10.9 Å². The summed E-state index contributed by atoms with van der Waals surface area (Å²) >= 11 is 0. The second kappa shape index (κ2) is 37.1. The van der Waals surface area contributed by atoms with Gasteiger partial charge < -0.3 is 96.4 Å². The molecule has 33 nitrogen and oxygen atoms in total. The number of aromatic amines is 1. The molecule has 6 aromatic carbocycles. The van der Waals surface area contributed by atoms with Crippen LogP contribution < -0.4 is 76.1 Å². The quantitative estimate of drug-likeness (QED) is 0.0234. The second-order valence-corrected chi connectivity index (χ2v) is 27.8. The van der Waals surface area contributed by atoms with Crippen molar-refractivity contribution in [3.63, 3.8) is 0 Å². The van der Waals surface area contributed by atoms with Gasteiger partial charge in [0.1, 0.15) is 65.4 Å². The lowest BCUT2D eigenvalue weighted by Crippen LogP contribution is -2.72. The average Bonchev–Trinajstić information content (AvgIpc) is 1.33. The van der Waals surface area contributed by atoms with E-state index in [1.54, 1.807) is 115 Å². The van der Waals surface area contributed by atoms with Gasteiger partial charge in [0.25, 0.3) is 0 Å². The number of nitrogens with zero attached hydrogens (tertiary/aromatic N) is 1. The number of para-hydroxylation sites is 1. The number of hydrogen-bond acceptors (Lipinski definition) is 17. The molecule has 584 valence electrons. The first-order chi connectivity index (χ1) is 52.9. The number of nitrogens with one attached hydrogen (secondary N) is 12. The number of amides is 12. The van der Waals surface area contributed by atoms with Gasteiger partial charge in [-0.05, 0) is 115 Å². The number of fused-ring (bicyclic) bond motifs is 2. The Kier molecular flexibility index (Phi) is 27.3. The predicted molar refractivity (Wildman–Crippen MR) is 404 cm³/mol. The summed E-state index contributed by atoms with van der Waals surface area (Å²) in [6, 6.07) is 24.4. The Morgan fingerprint density at radius 2 is 1.11 bits per heavy atom. The van der Waals surface area contributed by atoms with Crippen LogP contribution in [0.4, 0.5) is 0 Å². The second-order valence-electron chi connectivity index (χ2n) is 27.8. The van der Waals surface area contributed by atoms with E-state index in [-0.39, 0.29) is 75.0 Å². The molecule has 33 heteroatoms. The van der Waals surface area contributed by atoms with E-state index in [0.29, 0.717) is 43.6 Å². The summed E-state index contributed by atoms with van der Waals surface area (Å²) in [5, 5.41) is 66.5. The molecule has 0 bridgehead atoms. The largest absolute Gasteiger partial charge is 0.508 e. The van der Waals surface area contributed by atoms with Gasteiger partial charge in [-0.15, -0.1) is 0 Å². The molecule has 1 aromatic heterocycles. The SMILES string of the molecule is C[C@@H]1NC(=O)[C@H](CC(N)=O)NC(=O)[C@H](Cc2c[nH]c3ccccc23)NC(=O)[C@H](CCCNC(=N)N)NC(=O)[C@@H](Cc2ccccc2)NC(=O)C2(CCc3ccccc3C2)NC(=O)[C@@H](NC(=O)[C@@H](N)Cc2ccc(O)cc2)CC(=O)N([C@@H](Cc2ccc(O)cc2)C(N)=O)C(C)(C(=O)O)NC(=O)[C@H](Cc2ccccc2)NC1=O. The Hall–Kier alpha value is -13.2. The fourth-order valence-electron chi connectivity index (χ4n) is 13.5. The molecule has 2 unspecified atom stereocenters. The van der Waals surface area contributed by atoms with Crippen molar-refractivity contribution in [2.75, 3.05) is 6.54 Å². The minimum Gasteiger partial charge on any atom is -0.508 e. The number of aliphatic carboxylic acids is 1. The van der Waals surface area contributed by atoms with Crippen LogP contribution in [-0.2, 0) is 107 Å². The molecular weight excluding hydrogens is 1430 g/mol. The number of guanidine groups is 1. The Morgan fingerprint density at radius 1 is 0.586 bits per heavy atom. The number of nitrogens with two attached hydrogens (primary N) is 4. The molecule has 1 spiro atoms. The van der Waals surface area contributed by atoms with Gasteiger partial charge in [0.2, 0.25) is 76.5 Å². The number of hydrogen-bond donors (Lipinski definition) is 19. The predicted octanol–water partition coefficient (Wildman–Crippen LogP) is -0.981. The zero-order valence-electron chi connectivity index (χ0n) is 60.9. The smallest absolute Gasteiger partial charge is 0.350 e. The van der Waals surface area contributed by atoms with Gasteiger partial charge in [-0.25, -0.2) is 4.79 Å². The van der Waals surface area contributed by atoms with Crippen LogP contribution in [0.1, 0.15) is 84.9 Å². The lowest BCUT2D eigenvalue weighted by molar-refractivity contribution is -0.168. The Balaban J connectivity index is 1.22. The first-order valence-electron chi connectivity index (χ1n) is 35.9. The van der Waals surface area contributed by atoms with Crippen LogP contribution >= 0.6 is 0 Å². The van der Waals surface area contributed by atoms with Gasteiger partial charge in [0.05, 0.1) is 18.9 Å². The summed E-state index contributed by atoms with van der Waals surface area (Å²) in [4.78, 5) is 198. The van der Waals surface area contributed by atoms with Crippen molar-refractivity contribution in [2.24, 2.45) is 22.9 Å². The number of H-pyrrole nitrogens is 1. The van der Waals surface area contributed by atoms with Crippen LogP contribution in [0.2, 0.25) is 0 Å². The van der Waals surface area contributed by atoms with Crippen LogP contribution in [0, 0.1) is 5.41 Å². The molecule has 0 saturated carbocycles. The fourth-order valence-corrected chi connectivity index (χ4v) is 13.5. The van der Waals surface area contributed by atoms with Crippen molar-refractivity contribution < 1.29 is 77.6 Å². The van der Waals surface area contributed by atoms with Crippen LogP contribution in [0.3, 0.4) is 0 Å². The number of carboxylic acid groups (broad SMARTS) is 1. The summed E-state index contributed by atoms with van der Waals surface area (Å²) in [6.07, 6.45) is -3.40. The summed E-state index contributed by atoms with van der Waals surface area (Å²) in [6.45, 7) is 1.94. The van der Waals surface area contributed by atoms with Crippen molar-refractivity contribution in [3.05, 3.63) is 203 Å². The standard InChI is InChI=1S/C78H91N17O16/c1-43-66(101)88-58(36-45-16-7-4-8-17-45)72(107)93-77(2,75(110)111)95(62(65(81)100)37-47-25-29-52(97)30-26-47)64(99)40-61(89-67(102)54(79)34-46-23-27-51(96)28-24-46)73(108)94-78(32-31-48-18-9-10-19-49(48)41-78)74(109)92-57(35-44-14-5-3-6-15-44)70(105)87-56(22-13-33-84-76(82)83)68(103)90-59(38-50-42-85-55-21-12-11-20-53(50)55)71(106)91-60(39-63(80)98)69(104)86-43/h3-12,14-21,23-30,42-43,54,56-62,85,96-97H,13,22,31-41,79H2,1-2H3,(H2,80,98)(H2,81,100)(H,86,104)(H,87,105)(H,88,101)(H,89,102)(H,90,103)(H,91,106)(H,92,109)(H,93,107)(H,94,108)(H,110,111)(H4,82,83,84)/t43-,54-,56-,57+,58-,59-,60-,61-,62-,77?,78?/m0/s1. The minimum absolute atomic E-state index is 0.0165. The average molecular weight is 1520 g/mol. The summed E-state index contributed by atoms with van der Waals surface area (Å²) in [5.41, 5.74) is 22.4. The number of aryl methyl sites for hydroxylation is 1. The van der Waals surface area contributed by atoms with Crippen molar-refractivity contribution >= 4 is 93.7 Å². The molecule has 7 aromatic rings. The summed E-state index contributed by atoms with van der Waals surface area (Å²) in [7, 11) is 0. The maximum Gasteiger partial charge on any atom is 0.350 e. The molecule has 1 aliphatic heterocycles. The van der Waals surface area contributed by atoms with E-state index >= 15 is 33.6 Å². The topological polar surface area (TPSA) is 550 Å². The molecule has 0 radical (unpaired) electrons. The molecule has 1 aliphatic carbocycles. The van der Waals surface area contributed by atoms with E-state index in [9.17, 15) is 44.1 Å². The van der Waals surface area contributed by atoms with Gasteiger partial charge in [-0.1, -0.05) is 127 Å². The third-order valence-electron chi connectivity index (χ3n) is 19.5. The number of carbonyl (C=O) groups excluding carboxylic acids is 12. The van der Waals surface area contributed by atoms with Gasteiger partial charge >= 0.3 is 5.97 Å². The number of rotatable bonds is 21. The maximum absolute atomic E-state index is 16.1. The van der Waals surface area contributed by atoms with Crippen LogP contribution in [0.5, 0.6) is 11.5 Å². The van der Waals surface area contributed by atoms with Crippen molar-refractivity contribution in [1.29, 1.82) is 5.41 Å². The van der Waals surface area contributed by atoms with E-state index in [4.69, 9.17) is 28.3 Å². The fraction of sp³-hybridized carbons (Fsp3) is 0.333. The Morgan fingerprint density at radius 3 is 1.70 bits per heavy atom. The lowest BCUT2D eigenvalue weighted by Gasteiger charge is -2.43. The summed E-state index contributed by atoms with van der Waals surface area (Å²) in [5.74, 6) is -17.1. The van der Waals surface area contributed by atoms with E-state index in [1.807, 2.05) is 0 Å². The van der Waals surface area contributed by atoms with E-state index < -0.39 is 174 Å².